The third-order valence-electron chi connectivity index (χ3n) is 7.17. The number of sulfone groups is 1. The van der Waals surface area contributed by atoms with E-state index >= 15 is 0 Å². The predicted molar refractivity (Wildman–Crippen MR) is 136 cm³/mol. The van der Waals surface area contributed by atoms with Gasteiger partial charge in [-0.2, -0.15) is 0 Å². The van der Waals surface area contributed by atoms with E-state index in [2.05, 4.69) is 10.6 Å². The molecule has 4 rings (SSSR count). The first-order valence-corrected chi connectivity index (χ1v) is 13.6. The summed E-state index contributed by atoms with van der Waals surface area (Å²) in [7, 11) is -4.80. The Morgan fingerprint density at radius 1 is 1.10 bits per heavy atom. The van der Waals surface area contributed by atoms with Crippen molar-refractivity contribution in [1.29, 1.82) is 0 Å². The first-order valence-electron chi connectivity index (χ1n) is 14.8. The van der Waals surface area contributed by atoms with Crippen LogP contribution in [0, 0.1) is 29.3 Å². The van der Waals surface area contributed by atoms with Gasteiger partial charge in [0.2, 0.25) is 5.91 Å². The molecule has 2 amide bonds. The first-order chi connectivity index (χ1) is 20.3. The Morgan fingerprint density at radius 3 is 2.38 bits per heavy atom. The summed E-state index contributed by atoms with van der Waals surface area (Å²) in [6.45, 7) is -3.75. The van der Waals surface area contributed by atoms with Gasteiger partial charge in [-0.1, -0.05) is 19.8 Å². The van der Waals surface area contributed by atoms with E-state index in [1.165, 1.54) is 6.07 Å². The molecular weight excluding hydrogens is 537 g/mol. The average molecular weight is 574 g/mol. The monoisotopic (exact) mass is 573 g/mol. The van der Waals surface area contributed by atoms with E-state index in [9.17, 15) is 41.4 Å². The minimum atomic E-state index is -4.80. The van der Waals surface area contributed by atoms with Crippen molar-refractivity contribution in [2.75, 3.05) is 5.32 Å². The molecule has 4 N–H and O–H groups in total. The van der Waals surface area contributed by atoms with Crippen LogP contribution in [0.5, 0.6) is 0 Å². The molecule has 2 aromatic carbocycles. The maximum Gasteiger partial charge on any atom is 0.255 e. The first kappa shape index (κ1) is 22.8. The smallest absolute Gasteiger partial charge is 0.255 e. The third kappa shape index (κ3) is 5.97. The lowest BCUT2D eigenvalue weighted by atomic mass is 9.68. The maximum atomic E-state index is 13.9. The highest BCUT2D eigenvalue weighted by atomic mass is 32.2. The lowest BCUT2D eigenvalue weighted by Crippen LogP contribution is -2.55. The number of aliphatic hydroxyl groups is 2. The molecule has 4 atom stereocenters. The molecule has 2 aliphatic rings. The molecule has 0 spiro atoms. The highest BCUT2D eigenvalue weighted by molar-refractivity contribution is 7.92. The average Bonchev–Trinajstić information content (AvgIpc) is 2.91. The highest BCUT2D eigenvalue weighted by Crippen LogP contribution is 2.44. The summed E-state index contributed by atoms with van der Waals surface area (Å²) < 4.78 is 109. The number of amides is 2. The fourth-order valence-electron chi connectivity index (χ4n) is 4.75. The van der Waals surface area contributed by atoms with Gasteiger partial charge in [-0.15, -0.1) is 0 Å². The van der Waals surface area contributed by atoms with Gasteiger partial charge in [-0.25, -0.2) is 21.6 Å². The van der Waals surface area contributed by atoms with Crippen molar-refractivity contribution in [2.45, 2.75) is 73.7 Å². The van der Waals surface area contributed by atoms with Crippen molar-refractivity contribution < 1.29 is 48.2 Å². The molecule has 2 aliphatic carbocycles. The number of carbonyl (C=O) groups is 2. The Kier molecular flexibility index (Phi) is 6.37. The van der Waals surface area contributed by atoms with E-state index in [-0.39, 0.29) is 24.4 Å². The Labute approximate surface area is 231 Å². The summed E-state index contributed by atoms with van der Waals surface area (Å²) in [5.74, 6) is -10.00. The van der Waals surface area contributed by atoms with Crippen LogP contribution in [0.15, 0.2) is 41.3 Å². The molecule has 8 nitrogen and oxygen atoms in total. The van der Waals surface area contributed by atoms with Crippen molar-refractivity contribution in [2.24, 2.45) is 11.8 Å². The Balaban J connectivity index is 1.62. The number of nitrogens with one attached hydrogen (secondary N) is 2. The molecule has 0 saturated heterocycles. The van der Waals surface area contributed by atoms with E-state index < -0.39 is 111 Å². The summed E-state index contributed by atoms with van der Waals surface area (Å²) in [4.78, 5) is 25.0. The van der Waals surface area contributed by atoms with Gasteiger partial charge < -0.3 is 20.8 Å². The van der Waals surface area contributed by atoms with Crippen LogP contribution in [0.25, 0.3) is 0 Å². The fraction of sp³-hybridized carbons (Fsp3) is 0.481. The predicted octanol–water partition coefficient (Wildman–Crippen LogP) is 3.33. The topological polar surface area (TPSA) is 133 Å². The van der Waals surface area contributed by atoms with Gasteiger partial charge in [0.15, 0.2) is 27.3 Å². The molecule has 212 valence electrons. The fourth-order valence-corrected chi connectivity index (χ4v) is 6.43. The van der Waals surface area contributed by atoms with Gasteiger partial charge >= 0.3 is 0 Å². The van der Waals surface area contributed by atoms with E-state index in [1.807, 2.05) is 0 Å². The van der Waals surface area contributed by atoms with Crippen LogP contribution < -0.4 is 10.6 Å². The SMILES string of the molecule is [2H]C[C@H]1C[C@]([2H])(S(=O)(=O)c2cccc(C(=O)Nc3cc(F)c(F)c(F)c3)c2)CC(C([2H])([2H])[2H])[C@]1(O)CC(=O)NC1CC(O)C1. The molecule has 2 aromatic rings. The second-order valence-electron chi connectivity index (χ2n) is 9.99. The summed E-state index contributed by atoms with van der Waals surface area (Å²) in [5, 5.41) is 23.2. The van der Waals surface area contributed by atoms with Crippen LogP contribution in [-0.2, 0) is 14.6 Å². The zero-order valence-electron chi connectivity index (χ0n) is 25.6. The molecular formula is C27H31F3N2O6S. The van der Waals surface area contributed by atoms with Crippen LogP contribution in [0.4, 0.5) is 18.9 Å². The van der Waals surface area contributed by atoms with Crippen molar-refractivity contribution in [3.63, 3.8) is 0 Å². The van der Waals surface area contributed by atoms with Crippen molar-refractivity contribution in [1.82, 2.24) is 5.32 Å². The normalized spacial score (nSPS) is 32.9. The lowest BCUT2D eigenvalue weighted by Gasteiger charge is -2.46. The third-order valence-corrected chi connectivity index (χ3v) is 9.13. The summed E-state index contributed by atoms with van der Waals surface area (Å²) in [6.07, 6.45) is -2.44. The molecule has 0 heterocycles. The zero-order chi connectivity index (χ0) is 32.8. The Hall–Kier alpha value is -2.96. The van der Waals surface area contributed by atoms with Gasteiger partial charge in [0.1, 0.15) is 0 Å². The summed E-state index contributed by atoms with van der Waals surface area (Å²) in [6, 6.07) is 4.90. The lowest BCUT2D eigenvalue weighted by molar-refractivity contribution is -0.138. The van der Waals surface area contributed by atoms with E-state index in [0.29, 0.717) is 12.1 Å². The number of anilines is 1. The number of benzene rings is 2. The summed E-state index contributed by atoms with van der Waals surface area (Å²) >= 11 is 0. The van der Waals surface area contributed by atoms with Gasteiger partial charge in [0.25, 0.3) is 5.91 Å². The number of halogens is 3. The molecule has 0 aliphatic heterocycles. The molecule has 1 unspecified atom stereocenters. The standard InChI is InChI=1S/C27H31F3N2O6S/c1-14-6-21(7-15(2)27(14,36)13-24(34)31-17-9-19(33)10-17)39(37,38)20-5-3-4-16(8-20)26(35)32-18-11-22(28)25(30)23(29)12-18/h3-5,8,11-12,14-15,17,19,21,33,36H,6-7,9-10,13H2,1-2H3,(H,31,34)(H,32,35)/t14-,15?,17?,19?,21-,27-/m0/s1/i1D,2D3,21D. The van der Waals surface area contributed by atoms with Gasteiger partial charge in [-0.05, 0) is 55.7 Å². The van der Waals surface area contributed by atoms with Crippen LogP contribution in [-0.4, -0.2) is 53.4 Å². The number of carbonyl (C=O) groups excluding carboxylic acids is 2. The minimum absolute atomic E-state index is 0.275. The number of aliphatic hydroxyl groups excluding tert-OH is 1. The molecule has 2 fully saturated rings. The molecule has 2 saturated carbocycles. The van der Waals surface area contributed by atoms with Crippen LogP contribution in [0.2, 0.25) is 0 Å². The Bertz CT molecular complexity index is 1540. The van der Waals surface area contributed by atoms with E-state index in [1.54, 1.807) is 0 Å². The number of hydrogen-bond acceptors (Lipinski definition) is 6. The molecule has 0 bridgehead atoms. The number of rotatable bonds is 7. The van der Waals surface area contributed by atoms with Crippen LogP contribution in [0.1, 0.15) is 63.1 Å². The number of hydrogen-bond donors (Lipinski definition) is 4. The van der Waals surface area contributed by atoms with E-state index in [4.69, 9.17) is 6.85 Å². The molecule has 0 radical (unpaired) electrons. The second kappa shape index (κ2) is 10.9. The zero-order valence-corrected chi connectivity index (χ0v) is 21.4. The minimum Gasteiger partial charge on any atom is -0.393 e. The van der Waals surface area contributed by atoms with Gasteiger partial charge in [-0.3, -0.25) is 9.59 Å². The van der Waals surface area contributed by atoms with Crippen molar-refractivity contribution in [3.05, 3.63) is 59.4 Å². The largest absolute Gasteiger partial charge is 0.393 e. The molecule has 0 aromatic heterocycles. The Morgan fingerprint density at radius 2 is 1.77 bits per heavy atom. The quantitative estimate of drug-likeness (QED) is 0.376. The molecule has 39 heavy (non-hydrogen) atoms. The van der Waals surface area contributed by atoms with Gasteiger partial charge in [0, 0.05) is 36.3 Å². The van der Waals surface area contributed by atoms with Gasteiger partial charge in [0.05, 0.1) is 28.2 Å². The van der Waals surface area contributed by atoms with Crippen LogP contribution >= 0.6 is 0 Å². The summed E-state index contributed by atoms with van der Waals surface area (Å²) in [5.41, 5.74) is -3.14. The van der Waals surface area contributed by atoms with Crippen molar-refractivity contribution in [3.8, 4) is 0 Å². The molecule has 12 heteroatoms. The van der Waals surface area contributed by atoms with Crippen LogP contribution in [0.3, 0.4) is 0 Å². The second-order valence-corrected chi connectivity index (χ2v) is 12.0. The maximum absolute atomic E-state index is 13.9. The highest BCUT2D eigenvalue weighted by Gasteiger charge is 2.49. The van der Waals surface area contributed by atoms with E-state index in [0.717, 1.165) is 18.2 Å². The van der Waals surface area contributed by atoms with Crippen molar-refractivity contribution >= 4 is 27.3 Å².